The highest BCUT2D eigenvalue weighted by molar-refractivity contribution is 7.94. The van der Waals surface area contributed by atoms with E-state index in [1.54, 1.807) is 13.8 Å². The number of aryl methyl sites for hydroxylation is 2. The first-order valence-electron chi connectivity index (χ1n) is 5.09. The van der Waals surface area contributed by atoms with Crippen LogP contribution in [-0.2, 0) is 10.0 Å². The number of aromatic carboxylic acids is 1. The molecule has 0 atom stereocenters. The molecule has 0 aliphatic rings. The van der Waals surface area contributed by atoms with Crippen LogP contribution in [0.15, 0.2) is 20.9 Å². The predicted molar refractivity (Wildman–Crippen MR) is 68.1 cm³/mol. The SMILES string of the molecule is Cc1cc(NS(=O)(=O)c2cc(C)c(C(=O)O)s2)no1. The Kier molecular flexibility index (Phi) is 3.33. The van der Waals surface area contributed by atoms with Crippen LogP contribution in [0.2, 0.25) is 0 Å². The average Bonchev–Trinajstić information content (AvgIpc) is 2.84. The largest absolute Gasteiger partial charge is 0.477 e. The first-order valence-corrected chi connectivity index (χ1v) is 7.39. The van der Waals surface area contributed by atoms with Gasteiger partial charge in [0.05, 0.1) is 0 Å². The lowest BCUT2D eigenvalue weighted by Gasteiger charge is -2.00. The number of nitrogens with zero attached hydrogens (tertiary/aromatic N) is 1. The van der Waals surface area contributed by atoms with E-state index in [1.807, 2.05) is 0 Å². The van der Waals surface area contributed by atoms with E-state index in [9.17, 15) is 13.2 Å². The molecule has 0 aliphatic heterocycles. The van der Waals surface area contributed by atoms with Gasteiger partial charge < -0.3 is 9.63 Å². The van der Waals surface area contributed by atoms with Gasteiger partial charge in [0.2, 0.25) is 0 Å². The standard InChI is InChI=1S/C10H10N2O5S2/c1-5-3-8(18-9(5)10(13)14)19(15,16)12-7-4-6(2)17-11-7/h3-4H,1-2H3,(H,11,12)(H,13,14). The molecule has 0 aromatic carbocycles. The summed E-state index contributed by atoms with van der Waals surface area (Å²) in [5.41, 5.74) is 0.397. The summed E-state index contributed by atoms with van der Waals surface area (Å²) in [4.78, 5) is 10.9. The zero-order chi connectivity index (χ0) is 14.2. The molecular formula is C10H10N2O5S2. The van der Waals surface area contributed by atoms with Crippen LogP contribution in [0.3, 0.4) is 0 Å². The van der Waals surface area contributed by atoms with Gasteiger partial charge >= 0.3 is 5.97 Å². The van der Waals surface area contributed by atoms with Crippen LogP contribution in [0.4, 0.5) is 5.82 Å². The van der Waals surface area contributed by atoms with Crippen LogP contribution >= 0.6 is 11.3 Å². The van der Waals surface area contributed by atoms with Gasteiger partial charge in [0.1, 0.15) is 14.8 Å². The monoisotopic (exact) mass is 302 g/mol. The third kappa shape index (κ3) is 2.76. The summed E-state index contributed by atoms with van der Waals surface area (Å²) in [5.74, 6) is -0.632. The molecule has 2 rings (SSSR count). The van der Waals surface area contributed by atoms with Crippen molar-refractivity contribution in [3.05, 3.63) is 28.3 Å². The van der Waals surface area contributed by atoms with Gasteiger partial charge in [-0.1, -0.05) is 5.16 Å². The second-order valence-electron chi connectivity index (χ2n) is 3.81. The van der Waals surface area contributed by atoms with E-state index in [1.165, 1.54) is 12.1 Å². The van der Waals surface area contributed by atoms with Gasteiger partial charge in [-0.05, 0) is 25.5 Å². The second-order valence-corrected chi connectivity index (χ2v) is 6.77. The van der Waals surface area contributed by atoms with Gasteiger partial charge in [0.25, 0.3) is 10.0 Å². The van der Waals surface area contributed by atoms with Crippen molar-refractivity contribution in [2.75, 3.05) is 4.72 Å². The van der Waals surface area contributed by atoms with E-state index in [2.05, 4.69) is 9.88 Å². The zero-order valence-electron chi connectivity index (χ0n) is 10.00. The molecular weight excluding hydrogens is 292 g/mol. The Labute approximate surface area is 112 Å². The molecule has 0 amide bonds. The fourth-order valence-electron chi connectivity index (χ4n) is 1.40. The fraction of sp³-hybridized carbons (Fsp3) is 0.200. The molecule has 19 heavy (non-hydrogen) atoms. The third-order valence-corrected chi connectivity index (χ3v) is 5.27. The van der Waals surface area contributed by atoms with E-state index in [-0.39, 0.29) is 14.9 Å². The Bertz CT molecular complexity index is 729. The number of aromatic nitrogens is 1. The summed E-state index contributed by atoms with van der Waals surface area (Å²) >= 11 is 0.692. The Morgan fingerprint density at radius 3 is 2.58 bits per heavy atom. The summed E-state index contributed by atoms with van der Waals surface area (Å²) < 4.78 is 30.9. The molecule has 0 radical (unpaired) electrons. The number of rotatable bonds is 4. The summed E-state index contributed by atoms with van der Waals surface area (Å²) in [6.07, 6.45) is 0. The van der Waals surface area contributed by atoms with Crippen molar-refractivity contribution in [3.63, 3.8) is 0 Å². The molecule has 102 valence electrons. The Balaban J connectivity index is 2.34. The van der Waals surface area contributed by atoms with E-state index in [0.29, 0.717) is 22.7 Å². The van der Waals surface area contributed by atoms with Gasteiger partial charge in [-0.3, -0.25) is 4.72 Å². The molecule has 0 saturated carbocycles. The maximum absolute atomic E-state index is 12.0. The van der Waals surface area contributed by atoms with Crippen molar-refractivity contribution in [1.29, 1.82) is 0 Å². The molecule has 2 N–H and O–H groups in total. The number of hydrogen-bond acceptors (Lipinski definition) is 6. The number of thiophene rings is 1. The first kappa shape index (κ1) is 13.6. The molecule has 2 aromatic rings. The minimum Gasteiger partial charge on any atom is -0.477 e. The first-order chi connectivity index (χ1) is 8.79. The van der Waals surface area contributed by atoms with E-state index in [0.717, 1.165) is 0 Å². The van der Waals surface area contributed by atoms with E-state index < -0.39 is 16.0 Å². The average molecular weight is 302 g/mol. The molecule has 0 saturated heterocycles. The normalized spacial score (nSPS) is 11.5. The van der Waals surface area contributed by atoms with Gasteiger partial charge in [0.15, 0.2) is 5.82 Å². The maximum Gasteiger partial charge on any atom is 0.346 e. The quantitative estimate of drug-likeness (QED) is 0.892. The Morgan fingerprint density at radius 1 is 1.42 bits per heavy atom. The van der Waals surface area contributed by atoms with Crippen LogP contribution in [-0.4, -0.2) is 24.7 Å². The summed E-state index contributed by atoms with van der Waals surface area (Å²) in [6, 6.07) is 2.74. The van der Waals surface area contributed by atoms with Crippen LogP contribution in [0.25, 0.3) is 0 Å². The molecule has 2 heterocycles. The lowest BCUT2D eigenvalue weighted by Crippen LogP contribution is -2.11. The van der Waals surface area contributed by atoms with Gasteiger partial charge in [-0.15, -0.1) is 11.3 Å². The van der Waals surface area contributed by atoms with E-state index >= 15 is 0 Å². The number of carboxylic acid groups (broad SMARTS) is 1. The van der Waals surface area contributed by atoms with Crippen molar-refractivity contribution in [2.45, 2.75) is 18.1 Å². The number of carbonyl (C=O) groups is 1. The molecule has 9 heteroatoms. The van der Waals surface area contributed by atoms with Crippen molar-refractivity contribution < 1.29 is 22.8 Å². The summed E-state index contributed by atoms with van der Waals surface area (Å²) in [6.45, 7) is 3.17. The molecule has 0 aliphatic carbocycles. The number of sulfonamides is 1. The number of hydrogen-bond donors (Lipinski definition) is 2. The zero-order valence-corrected chi connectivity index (χ0v) is 11.6. The highest BCUT2D eigenvalue weighted by atomic mass is 32.2. The van der Waals surface area contributed by atoms with Crippen molar-refractivity contribution in [1.82, 2.24) is 5.16 Å². The molecule has 2 aromatic heterocycles. The number of anilines is 1. The van der Waals surface area contributed by atoms with Crippen LogP contribution in [0.1, 0.15) is 21.0 Å². The van der Waals surface area contributed by atoms with Crippen LogP contribution in [0, 0.1) is 13.8 Å². The topological polar surface area (TPSA) is 110 Å². The third-order valence-electron chi connectivity index (χ3n) is 2.22. The van der Waals surface area contributed by atoms with Crippen molar-refractivity contribution in [3.8, 4) is 0 Å². The van der Waals surface area contributed by atoms with Crippen molar-refractivity contribution >= 4 is 33.1 Å². The minimum absolute atomic E-state index is 0.00305. The highest BCUT2D eigenvalue weighted by Gasteiger charge is 2.22. The Hall–Kier alpha value is -1.87. The van der Waals surface area contributed by atoms with Crippen LogP contribution < -0.4 is 4.72 Å². The van der Waals surface area contributed by atoms with Gasteiger partial charge in [-0.25, -0.2) is 13.2 Å². The lowest BCUT2D eigenvalue weighted by atomic mass is 10.3. The number of nitrogens with one attached hydrogen (secondary N) is 1. The summed E-state index contributed by atoms with van der Waals surface area (Å²) in [5, 5.41) is 12.4. The molecule has 0 fully saturated rings. The highest BCUT2D eigenvalue weighted by Crippen LogP contribution is 2.27. The molecule has 0 bridgehead atoms. The fourth-order valence-corrected chi connectivity index (χ4v) is 3.76. The second kappa shape index (κ2) is 4.67. The minimum atomic E-state index is -3.85. The molecule has 0 unspecified atom stereocenters. The summed E-state index contributed by atoms with van der Waals surface area (Å²) in [7, 11) is -3.85. The van der Waals surface area contributed by atoms with Gasteiger partial charge in [0, 0.05) is 6.07 Å². The van der Waals surface area contributed by atoms with Crippen LogP contribution in [0.5, 0.6) is 0 Å². The molecule has 7 nitrogen and oxygen atoms in total. The van der Waals surface area contributed by atoms with E-state index in [4.69, 9.17) is 9.63 Å². The number of carboxylic acids is 1. The van der Waals surface area contributed by atoms with Crippen molar-refractivity contribution in [2.24, 2.45) is 0 Å². The smallest absolute Gasteiger partial charge is 0.346 e. The Morgan fingerprint density at radius 2 is 2.11 bits per heavy atom. The lowest BCUT2D eigenvalue weighted by molar-refractivity contribution is 0.0701. The molecule has 0 spiro atoms. The maximum atomic E-state index is 12.0. The predicted octanol–water partition coefficient (Wildman–Crippen LogP) is 1.85. The van der Waals surface area contributed by atoms with Gasteiger partial charge in [-0.2, -0.15) is 0 Å².